The summed E-state index contributed by atoms with van der Waals surface area (Å²) < 4.78 is 19.5. The zero-order valence-corrected chi connectivity index (χ0v) is 17.0. The largest absolute Gasteiger partial charge is 0.459 e. The van der Waals surface area contributed by atoms with Gasteiger partial charge in [-0.15, -0.1) is 0 Å². The third-order valence-electron chi connectivity index (χ3n) is 6.43. The number of esters is 1. The van der Waals surface area contributed by atoms with Crippen molar-refractivity contribution in [2.75, 3.05) is 0 Å². The van der Waals surface area contributed by atoms with Crippen LogP contribution in [0.2, 0.25) is 0 Å². The molecule has 0 aromatic heterocycles. The molecule has 0 amide bonds. The fourth-order valence-corrected chi connectivity index (χ4v) is 4.99. The molecule has 1 heterocycles. The summed E-state index contributed by atoms with van der Waals surface area (Å²) in [6.45, 7) is 1.82. The Bertz CT molecular complexity index is 847. The first-order chi connectivity index (χ1) is 14.0. The van der Waals surface area contributed by atoms with Crippen LogP contribution in [0, 0.1) is 11.7 Å². The van der Waals surface area contributed by atoms with E-state index in [1.807, 2.05) is 6.92 Å². The van der Waals surface area contributed by atoms with Gasteiger partial charge in [-0.2, -0.15) is 0 Å². The Morgan fingerprint density at radius 1 is 1.00 bits per heavy atom. The lowest BCUT2D eigenvalue weighted by atomic mass is 9.69. The van der Waals surface area contributed by atoms with Crippen molar-refractivity contribution in [3.05, 3.63) is 46.9 Å². The normalized spacial score (nSPS) is 25.9. The van der Waals surface area contributed by atoms with E-state index in [0.29, 0.717) is 17.7 Å². The third-order valence-corrected chi connectivity index (χ3v) is 6.43. The Labute approximate surface area is 171 Å². The number of hydrogen-bond donors (Lipinski definition) is 0. The topological polar surface area (TPSA) is 55.7 Å². The van der Waals surface area contributed by atoms with Crippen LogP contribution in [0.4, 0.5) is 4.39 Å². The average Bonchev–Trinajstić information content (AvgIpc) is 2.96. The second-order valence-corrected chi connectivity index (χ2v) is 8.45. The molecule has 2 fully saturated rings. The molecule has 3 aliphatic rings. The fourth-order valence-electron chi connectivity index (χ4n) is 4.99. The van der Waals surface area contributed by atoms with Crippen molar-refractivity contribution in [3.63, 3.8) is 0 Å². The number of carbonyl (C=O) groups is 2. The maximum atomic E-state index is 13.5. The molecular weight excluding hydrogens is 369 g/mol. The number of benzene rings is 1. The number of rotatable bonds is 3. The Kier molecular flexibility index (Phi) is 5.93. The monoisotopic (exact) mass is 397 g/mol. The van der Waals surface area contributed by atoms with Gasteiger partial charge in [0.2, 0.25) is 0 Å². The molecule has 154 valence electrons. The zero-order valence-electron chi connectivity index (χ0n) is 17.0. The summed E-state index contributed by atoms with van der Waals surface area (Å²) in [6, 6.07) is 6.13. The number of allylic oxidation sites excluding steroid dienone is 1. The van der Waals surface area contributed by atoms with E-state index in [2.05, 4.69) is 4.99 Å². The highest BCUT2D eigenvalue weighted by molar-refractivity contribution is 6.11. The summed E-state index contributed by atoms with van der Waals surface area (Å²) in [5.74, 6) is -1.50. The second kappa shape index (κ2) is 8.60. The summed E-state index contributed by atoms with van der Waals surface area (Å²) in [5, 5.41) is 0. The van der Waals surface area contributed by atoms with Crippen molar-refractivity contribution >= 4 is 17.5 Å². The van der Waals surface area contributed by atoms with Gasteiger partial charge >= 0.3 is 5.97 Å². The van der Waals surface area contributed by atoms with Crippen LogP contribution in [0.1, 0.15) is 76.2 Å². The van der Waals surface area contributed by atoms with Crippen molar-refractivity contribution < 1.29 is 18.7 Å². The molecule has 0 bridgehead atoms. The number of nitrogens with zero attached hydrogens (tertiary/aromatic N) is 1. The van der Waals surface area contributed by atoms with Crippen molar-refractivity contribution in [3.8, 4) is 0 Å². The van der Waals surface area contributed by atoms with Gasteiger partial charge in [0.25, 0.3) is 0 Å². The highest BCUT2D eigenvalue weighted by Crippen LogP contribution is 2.43. The smallest absolute Gasteiger partial charge is 0.336 e. The van der Waals surface area contributed by atoms with E-state index in [1.54, 1.807) is 12.1 Å². The highest BCUT2D eigenvalue weighted by Gasteiger charge is 2.44. The van der Waals surface area contributed by atoms with Gasteiger partial charge in [-0.3, -0.25) is 9.79 Å². The molecule has 4 rings (SSSR count). The minimum absolute atomic E-state index is 0.0772. The molecule has 0 spiro atoms. The quantitative estimate of drug-likeness (QED) is 0.515. The van der Waals surface area contributed by atoms with E-state index in [9.17, 15) is 14.0 Å². The van der Waals surface area contributed by atoms with Crippen LogP contribution < -0.4 is 0 Å². The maximum absolute atomic E-state index is 13.5. The van der Waals surface area contributed by atoms with Crippen LogP contribution in [0.5, 0.6) is 0 Å². The Hall–Kier alpha value is -2.30. The highest BCUT2D eigenvalue weighted by atomic mass is 19.1. The van der Waals surface area contributed by atoms with E-state index in [4.69, 9.17) is 4.74 Å². The van der Waals surface area contributed by atoms with E-state index < -0.39 is 11.8 Å². The molecule has 2 atom stereocenters. The van der Waals surface area contributed by atoms with Gasteiger partial charge in [0.1, 0.15) is 17.7 Å². The number of carbonyl (C=O) groups excluding carboxylic acids is 2. The molecule has 5 heteroatoms. The minimum Gasteiger partial charge on any atom is -0.459 e. The van der Waals surface area contributed by atoms with Crippen molar-refractivity contribution in [1.82, 2.24) is 0 Å². The molecule has 4 nitrogen and oxygen atoms in total. The number of aliphatic imine (C=N–C) groups is 1. The summed E-state index contributed by atoms with van der Waals surface area (Å²) in [7, 11) is 0. The van der Waals surface area contributed by atoms with E-state index in [-0.39, 0.29) is 23.7 Å². The summed E-state index contributed by atoms with van der Waals surface area (Å²) >= 11 is 0. The molecule has 0 unspecified atom stereocenters. The van der Waals surface area contributed by atoms with Gasteiger partial charge in [-0.1, -0.05) is 25.0 Å². The molecule has 0 saturated heterocycles. The minimum atomic E-state index is -0.450. The van der Waals surface area contributed by atoms with Gasteiger partial charge in [0.15, 0.2) is 0 Å². The van der Waals surface area contributed by atoms with Gasteiger partial charge in [0, 0.05) is 23.7 Å². The number of ether oxygens (including phenoxy) is 1. The van der Waals surface area contributed by atoms with Crippen molar-refractivity contribution in [2.24, 2.45) is 10.9 Å². The molecule has 0 radical (unpaired) electrons. The predicted octanol–water partition coefficient (Wildman–Crippen LogP) is 5.27. The van der Waals surface area contributed by atoms with Gasteiger partial charge in [-0.25, -0.2) is 9.18 Å². The van der Waals surface area contributed by atoms with Gasteiger partial charge in [-0.05, 0) is 63.1 Å². The number of fused-ring (bicyclic) bond motifs is 1. The maximum Gasteiger partial charge on any atom is 0.336 e. The van der Waals surface area contributed by atoms with Crippen molar-refractivity contribution in [1.29, 1.82) is 0 Å². The molecule has 2 aliphatic carbocycles. The molecular formula is C24H28FNO3. The number of halogens is 1. The first-order valence-electron chi connectivity index (χ1n) is 10.8. The molecule has 2 saturated carbocycles. The van der Waals surface area contributed by atoms with Crippen LogP contribution in [0.3, 0.4) is 0 Å². The van der Waals surface area contributed by atoms with Crippen LogP contribution in [0.15, 0.2) is 40.5 Å². The first-order valence-corrected chi connectivity index (χ1v) is 10.8. The molecule has 1 aliphatic heterocycles. The Morgan fingerprint density at radius 2 is 1.69 bits per heavy atom. The molecule has 0 N–H and O–H groups in total. The molecule has 1 aromatic carbocycles. The van der Waals surface area contributed by atoms with E-state index in [1.165, 1.54) is 25.0 Å². The van der Waals surface area contributed by atoms with Gasteiger partial charge < -0.3 is 4.74 Å². The predicted molar refractivity (Wildman–Crippen MR) is 109 cm³/mol. The van der Waals surface area contributed by atoms with Gasteiger partial charge in [0.05, 0.1) is 11.5 Å². The second-order valence-electron chi connectivity index (χ2n) is 8.45. The molecule has 29 heavy (non-hydrogen) atoms. The van der Waals surface area contributed by atoms with Crippen molar-refractivity contribution in [2.45, 2.75) is 76.7 Å². The van der Waals surface area contributed by atoms with E-state index in [0.717, 1.165) is 49.8 Å². The lowest BCUT2D eigenvalue weighted by Gasteiger charge is -2.36. The van der Waals surface area contributed by atoms with Crippen LogP contribution >= 0.6 is 0 Å². The van der Waals surface area contributed by atoms with E-state index >= 15 is 0 Å². The summed E-state index contributed by atoms with van der Waals surface area (Å²) in [4.78, 5) is 30.8. The molecule has 1 aromatic rings. The van der Waals surface area contributed by atoms with Crippen LogP contribution in [-0.4, -0.2) is 23.6 Å². The number of ketones is 1. The third kappa shape index (κ3) is 4.19. The first kappa shape index (κ1) is 20.0. The number of Topliss-reactive ketones (excluding diaryl/α,β-unsaturated/α-hetero) is 1. The summed E-state index contributed by atoms with van der Waals surface area (Å²) in [6.07, 6.45) is 8.23. The van der Waals surface area contributed by atoms with Crippen LogP contribution in [-0.2, 0) is 14.3 Å². The fraction of sp³-hybridized carbons (Fsp3) is 0.542. The Morgan fingerprint density at radius 3 is 2.38 bits per heavy atom. The van der Waals surface area contributed by atoms with Crippen LogP contribution in [0.25, 0.3) is 0 Å². The summed E-state index contributed by atoms with van der Waals surface area (Å²) in [5.41, 5.74) is 2.70. The zero-order chi connectivity index (χ0) is 20.4. The average molecular weight is 397 g/mol. The lowest BCUT2D eigenvalue weighted by molar-refractivity contribution is -0.145. The SMILES string of the molecule is CC1=C(C(=O)OC2CCCCCC2)[C@H](c2ccc(F)cc2)[C@@H]2C(=O)CCCC2=N1. The number of hydrogen-bond acceptors (Lipinski definition) is 4. The Balaban J connectivity index is 1.71. The lowest BCUT2D eigenvalue weighted by Crippen LogP contribution is -2.39. The standard InChI is InChI=1S/C24H28FNO3/c1-15-21(24(28)29-18-7-4-2-3-5-8-18)22(16-11-13-17(25)14-12-16)23-19(26-15)9-6-10-20(23)27/h11-14,18,22-23H,2-10H2,1H3/t22-,23-/m0/s1.